The average Bonchev–Trinajstić information content (AvgIpc) is 2.55. The molecule has 0 aliphatic heterocycles. The van der Waals surface area contributed by atoms with Gasteiger partial charge in [-0.05, 0) is 37.6 Å². The molecule has 0 unspecified atom stereocenters. The van der Waals surface area contributed by atoms with E-state index in [0.29, 0.717) is 16.8 Å². The monoisotopic (exact) mass is 296 g/mol. The van der Waals surface area contributed by atoms with Gasteiger partial charge < -0.3 is 10.6 Å². The van der Waals surface area contributed by atoms with Gasteiger partial charge >= 0.3 is 0 Å². The van der Waals surface area contributed by atoms with E-state index in [9.17, 15) is 9.59 Å². The van der Waals surface area contributed by atoms with Crippen molar-refractivity contribution in [2.24, 2.45) is 0 Å². The molecule has 114 valence electrons. The van der Waals surface area contributed by atoms with Crippen molar-refractivity contribution >= 4 is 17.5 Å². The maximum Gasteiger partial charge on any atom is 0.255 e. The number of rotatable bonds is 5. The number of hydrogen-bond acceptors (Lipinski definition) is 2. The zero-order chi connectivity index (χ0) is 15.9. The first kappa shape index (κ1) is 15.8. The molecule has 2 aromatic carbocycles. The highest BCUT2D eigenvalue weighted by molar-refractivity contribution is 6.09. The van der Waals surface area contributed by atoms with Crippen LogP contribution in [0.5, 0.6) is 0 Å². The second kappa shape index (κ2) is 7.41. The van der Waals surface area contributed by atoms with Gasteiger partial charge in [0.1, 0.15) is 0 Å². The zero-order valence-corrected chi connectivity index (χ0v) is 12.8. The van der Waals surface area contributed by atoms with Gasteiger partial charge in [0.25, 0.3) is 11.8 Å². The lowest BCUT2D eigenvalue weighted by molar-refractivity contribution is 0.0940. The van der Waals surface area contributed by atoms with E-state index in [1.165, 1.54) is 0 Å². The number of nitrogens with one attached hydrogen (secondary N) is 2. The second-order valence-electron chi connectivity index (χ2n) is 5.15. The van der Waals surface area contributed by atoms with Gasteiger partial charge in [-0.3, -0.25) is 9.59 Å². The predicted molar refractivity (Wildman–Crippen MR) is 88.1 cm³/mol. The van der Waals surface area contributed by atoms with Crippen molar-refractivity contribution in [3.8, 4) is 0 Å². The van der Waals surface area contributed by atoms with Crippen molar-refractivity contribution in [3.05, 3.63) is 65.7 Å². The van der Waals surface area contributed by atoms with E-state index in [-0.39, 0.29) is 17.9 Å². The first-order chi connectivity index (χ1) is 10.6. The Morgan fingerprint density at radius 2 is 1.59 bits per heavy atom. The third-order valence-electron chi connectivity index (χ3n) is 3.45. The van der Waals surface area contributed by atoms with Gasteiger partial charge in [0.2, 0.25) is 0 Å². The SMILES string of the molecule is CC[C@H](C)NC(=O)c1ccccc1NC(=O)c1ccccc1. The van der Waals surface area contributed by atoms with E-state index in [1.807, 2.05) is 19.9 Å². The minimum absolute atomic E-state index is 0.0883. The summed E-state index contributed by atoms with van der Waals surface area (Å²) in [4.78, 5) is 24.5. The minimum atomic E-state index is -0.232. The summed E-state index contributed by atoms with van der Waals surface area (Å²) in [6, 6.07) is 16.0. The molecular weight excluding hydrogens is 276 g/mol. The molecule has 2 rings (SSSR count). The maximum absolute atomic E-state index is 12.3. The average molecular weight is 296 g/mol. The van der Waals surface area contributed by atoms with Crippen LogP contribution in [0.1, 0.15) is 41.0 Å². The Bertz CT molecular complexity index is 653. The molecule has 0 heterocycles. The van der Waals surface area contributed by atoms with Crippen LogP contribution >= 0.6 is 0 Å². The molecule has 0 aliphatic carbocycles. The summed E-state index contributed by atoms with van der Waals surface area (Å²) in [5, 5.41) is 5.71. The third kappa shape index (κ3) is 3.95. The molecule has 0 bridgehead atoms. The first-order valence-corrected chi connectivity index (χ1v) is 7.38. The van der Waals surface area contributed by atoms with Gasteiger partial charge in [0.05, 0.1) is 11.3 Å². The Hall–Kier alpha value is -2.62. The summed E-state index contributed by atoms with van der Waals surface area (Å²) < 4.78 is 0. The quantitative estimate of drug-likeness (QED) is 0.887. The summed E-state index contributed by atoms with van der Waals surface area (Å²) >= 11 is 0. The molecule has 4 heteroatoms. The van der Waals surface area contributed by atoms with Gasteiger partial charge in [0, 0.05) is 11.6 Å². The van der Waals surface area contributed by atoms with E-state index < -0.39 is 0 Å². The maximum atomic E-state index is 12.3. The highest BCUT2D eigenvalue weighted by Crippen LogP contribution is 2.16. The fourth-order valence-electron chi connectivity index (χ4n) is 1.98. The smallest absolute Gasteiger partial charge is 0.255 e. The number of para-hydroxylation sites is 1. The molecular formula is C18H20N2O2. The van der Waals surface area contributed by atoms with Crippen LogP contribution in [0.15, 0.2) is 54.6 Å². The number of carbonyl (C=O) groups excluding carboxylic acids is 2. The molecule has 2 N–H and O–H groups in total. The van der Waals surface area contributed by atoms with Crippen molar-refractivity contribution in [1.29, 1.82) is 0 Å². The van der Waals surface area contributed by atoms with Gasteiger partial charge in [-0.15, -0.1) is 0 Å². The molecule has 4 nitrogen and oxygen atoms in total. The molecule has 0 aromatic heterocycles. The molecule has 2 amide bonds. The fraction of sp³-hybridized carbons (Fsp3) is 0.222. The summed E-state index contributed by atoms with van der Waals surface area (Å²) in [5.41, 5.74) is 1.53. The summed E-state index contributed by atoms with van der Waals surface area (Å²) in [5.74, 6) is -0.414. The number of benzene rings is 2. The number of hydrogen-bond donors (Lipinski definition) is 2. The topological polar surface area (TPSA) is 58.2 Å². The van der Waals surface area contributed by atoms with Crippen LogP contribution in [-0.2, 0) is 0 Å². The van der Waals surface area contributed by atoms with Gasteiger partial charge in [-0.2, -0.15) is 0 Å². The molecule has 0 fully saturated rings. The Morgan fingerprint density at radius 1 is 0.955 bits per heavy atom. The standard InChI is InChI=1S/C18H20N2O2/c1-3-13(2)19-18(22)15-11-7-8-12-16(15)20-17(21)14-9-5-4-6-10-14/h4-13H,3H2,1-2H3,(H,19,22)(H,20,21)/t13-/m0/s1. The number of amides is 2. The predicted octanol–water partition coefficient (Wildman–Crippen LogP) is 3.47. The van der Waals surface area contributed by atoms with Crippen LogP contribution in [0.4, 0.5) is 5.69 Å². The Morgan fingerprint density at radius 3 is 2.27 bits per heavy atom. The van der Waals surface area contributed by atoms with Crippen molar-refractivity contribution in [2.45, 2.75) is 26.3 Å². The van der Waals surface area contributed by atoms with E-state index >= 15 is 0 Å². The van der Waals surface area contributed by atoms with Gasteiger partial charge in [-0.1, -0.05) is 37.3 Å². The molecule has 0 spiro atoms. The van der Waals surface area contributed by atoms with Crippen LogP contribution in [0.3, 0.4) is 0 Å². The molecule has 0 aliphatic rings. The number of anilines is 1. The fourth-order valence-corrected chi connectivity index (χ4v) is 1.98. The van der Waals surface area contributed by atoms with E-state index in [0.717, 1.165) is 6.42 Å². The van der Waals surface area contributed by atoms with Crippen molar-refractivity contribution in [1.82, 2.24) is 5.32 Å². The zero-order valence-electron chi connectivity index (χ0n) is 12.8. The van der Waals surface area contributed by atoms with Crippen molar-refractivity contribution in [3.63, 3.8) is 0 Å². The Kier molecular flexibility index (Phi) is 5.31. The Labute approximate surface area is 130 Å². The minimum Gasteiger partial charge on any atom is -0.350 e. The lowest BCUT2D eigenvalue weighted by atomic mass is 10.1. The molecule has 1 atom stereocenters. The normalized spacial score (nSPS) is 11.5. The van der Waals surface area contributed by atoms with E-state index in [2.05, 4.69) is 10.6 Å². The van der Waals surface area contributed by atoms with E-state index in [4.69, 9.17) is 0 Å². The van der Waals surface area contributed by atoms with Gasteiger partial charge in [0.15, 0.2) is 0 Å². The van der Waals surface area contributed by atoms with Crippen LogP contribution in [0, 0.1) is 0 Å². The summed E-state index contributed by atoms with van der Waals surface area (Å²) in [6.07, 6.45) is 0.851. The van der Waals surface area contributed by atoms with Crippen LogP contribution in [0.2, 0.25) is 0 Å². The molecule has 22 heavy (non-hydrogen) atoms. The number of carbonyl (C=O) groups is 2. The first-order valence-electron chi connectivity index (χ1n) is 7.38. The lowest BCUT2D eigenvalue weighted by Crippen LogP contribution is -2.32. The van der Waals surface area contributed by atoms with Crippen molar-refractivity contribution < 1.29 is 9.59 Å². The summed E-state index contributed by atoms with van der Waals surface area (Å²) in [6.45, 7) is 3.96. The molecule has 2 aromatic rings. The van der Waals surface area contributed by atoms with Gasteiger partial charge in [-0.25, -0.2) is 0 Å². The second-order valence-corrected chi connectivity index (χ2v) is 5.15. The Balaban J connectivity index is 2.18. The highest BCUT2D eigenvalue weighted by Gasteiger charge is 2.15. The van der Waals surface area contributed by atoms with Crippen LogP contribution < -0.4 is 10.6 Å². The summed E-state index contributed by atoms with van der Waals surface area (Å²) in [7, 11) is 0. The molecule has 0 radical (unpaired) electrons. The van der Waals surface area contributed by atoms with Crippen LogP contribution in [0.25, 0.3) is 0 Å². The van der Waals surface area contributed by atoms with Crippen molar-refractivity contribution in [2.75, 3.05) is 5.32 Å². The molecule has 0 saturated heterocycles. The highest BCUT2D eigenvalue weighted by atomic mass is 16.2. The largest absolute Gasteiger partial charge is 0.350 e. The molecule has 0 saturated carbocycles. The van der Waals surface area contributed by atoms with Crippen LogP contribution in [-0.4, -0.2) is 17.9 Å². The third-order valence-corrected chi connectivity index (χ3v) is 3.45. The van der Waals surface area contributed by atoms with E-state index in [1.54, 1.807) is 48.5 Å². The lowest BCUT2D eigenvalue weighted by Gasteiger charge is -2.14.